The number of hydrogen-bond donors (Lipinski definition) is 0. The molecule has 0 unspecified atom stereocenters. The van der Waals surface area contributed by atoms with Gasteiger partial charge in [-0.2, -0.15) is 0 Å². The van der Waals surface area contributed by atoms with E-state index in [1.165, 1.54) is 27.9 Å². The first kappa shape index (κ1) is 19.8. The van der Waals surface area contributed by atoms with Crippen molar-refractivity contribution >= 4 is 5.69 Å². The molecule has 2 nitrogen and oxygen atoms in total. The first-order valence-corrected chi connectivity index (χ1v) is 10.4. The molecule has 0 N–H and O–H groups in total. The van der Waals surface area contributed by atoms with E-state index in [4.69, 9.17) is 4.74 Å². The smallest absolute Gasteiger partial charge is 0.127 e. The van der Waals surface area contributed by atoms with Crippen LogP contribution in [0.2, 0.25) is 0 Å². The van der Waals surface area contributed by atoms with E-state index in [-0.39, 0.29) is 0 Å². The van der Waals surface area contributed by atoms with Crippen molar-refractivity contribution in [3.63, 3.8) is 0 Å². The first-order valence-electron chi connectivity index (χ1n) is 10.4. The number of nitrogens with zero attached hydrogens (tertiary/aromatic N) is 1. The lowest BCUT2D eigenvalue weighted by molar-refractivity contribution is 0.482. The Morgan fingerprint density at radius 1 is 0.533 bits per heavy atom. The second kappa shape index (κ2) is 9.32. The van der Waals surface area contributed by atoms with Crippen LogP contribution in [0, 0.1) is 13.8 Å². The first-order chi connectivity index (χ1) is 14.7. The minimum absolute atomic E-state index is 0.844. The van der Waals surface area contributed by atoms with Crippen LogP contribution in [-0.2, 0) is 13.1 Å². The summed E-state index contributed by atoms with van der Waals surface area (Å²) in [5.74, 6) is 1.69. The second-order valence-corrected chi connectivity index (χ2v) is 7.62. The van der Waals surface area contributed by atoms with E-state index >= 15 is 0 Å². The summed E-state index contributed by atoms with van der Waals surface area (Å²) in [6.07, 6.45) is 0. The molecule has 0 saturated carbocycles. The monoisotopic (exact) mass is 393 g/mol. The van der Waals surface area contributed by atoms with Crippen molar-refractivity contribution in [1.29, 1.82) is 0 Å². The summed E-state index contributed by atoms with van der Waals surface area (Å²) < 4.78 is 5.97. The maximum atomic E-state index is 5.97. The summed E-state index contributed by atoms with van der Waals surface area (Å²) in [6, 6.07) is 35.5. The lowest BCUT2D eigenvalue weighted by Gasteiger charge is -2.27. The summed E-state index contributed by atoms with van der Waals surface area (Å²) in [7, 11) is 0. The number of aryl methyl sites for hydroxylation is 2. The molecule has 0 atom stereocenters. The highest BCUT2D eigenvalue weighted by molar-refractivity contribution is 5.51. The van der Waals surface area contributed by atoms with Crippen LogP contribution in [0.1, 0.15) is 22.3 Å². The zero-order chi connectivity index (χ0) is 20.8. The van der Waals surface area contributed by atoms with E-state index in [1.54, 1.807) is 0 Å². The van der Waals surface area contributed by atoms with Crippen LogP contribution in [-0.4, -0.2) is 0 Å². The lowest BCUT2D eigenvalue weighted by atomic mass is 10.1. The van der Waals surface area contributed by atoms with Crippen LogP contribution in [0.4, 0.5) is 5.69 Å². The number of benzene rings is 4. The van der Waals surface area contributed by atoms with Crippen molar-refractivity contribution in [3.05, 3.63) is 125 Å². The molecule has 4 aromatic carbocycles. The molecule has 0 fully saturated rings. The Balaban J connectivity index is 1.59. The Morgan fingerprint density at radius 2 is 1.00 bits per heavy atom. The average Bonchev–Trinajstić information content (AvgIpc) is 2.77. The summed E-state index contributed by atoms with van der Waals surface area (Å²) in [5.41, 5.74) is 6.50. The molecule has 0 aliphatic heterocycles. The Kier molecular flexibility index (Phi) is 6.14. The van der Waals surface area contributed by atoms with Gasteiger partial charge in [0, 0.05) is 18.8 Å². The molecule has 0 radical (unpaired) electrons. The van der Waals surface area contributed by atoms with Gasteiger partial charge in [-0.1, -0.05) is 66.7 Å². The minimum Gasteiger partial charge on any atom is -0.457 e. The zero-order valence-electron chi connectivity index (χ0n) is 17.6. The quantitative estimate of drug-likeness (QED) is 0.326. The summed E-state index contributed by atoms with van der Waals surface area (Å²) in [6.45, 7) is 6.08. The Morgan fingerprint density at radius 3 is 1.53 bits per heavy atom. The molecular formula is C28H27NO. The normalized spacial score (nSPS) is 10.6. The predicted octanol–water partition coefficient (Wildman–Crippen LogP) is 7.30. The third-order valence-corrected chi connectivity index (χ3v) is 5.43. The van der Waals surface area contributed by atoms with Crippen molar-refractivity contribution in [2.24, 2.45) is 0 Å². The van der Waals surface area contributed by atoms with Gasteiger partial charge in [0.1, 0.15) is 11.5 Å². The Hall–Kier alpha value is -3.52. The molecule has 0 aromatic heterocycles. The van der Waals surface area contributed by atoms with Crippen molar-refractivity contribution in [1.82, 2.24) is 0 Å². The summed E-state index contributed by atoms with van der Waals surface area (Å²) in [4.78, 5) is 2.43. The molecule has 150 valence electrons. The maximum absolute atomic E-state index is 5.97. The molecule has 0 aliphatic carbocycles. The van der Waals surface area contributed by atoms with Gasteiger partial charge >= 0.3 is 0 Å². The van der Waals surface area contributed by atoms with E-state index in [9.17, 15) is 0 Å². The van der Waals surface area contributed by atoms with Gasteiger partial charge in [-0.15, -0.1) is 0 Å². The molecule has 0 heterocycles. The van der Waals surface area contributed by atoms with Gasteiger partial charge in [0.05, 0.1) is 0 Å². The minimum atomic E-state index is 0.844. The van der Waals surface area contributed by atoms with Crippen LogP contribution in [0.25, 0.3) is 0 Å². The molecule has 0 saturated heterocycles. The fraction of sp³-hybridized carbons (Fsp3) is 0.143. The standard InChI is InChI=1S/C28H27NO/c1-22-10-6-8-12-24(22)20-29(21-25-13-9-7-11-23(25)2)26-16-18-28(19-17-26)30-27-14-4-3-5-15-27/h3-19H,20-21H2,1-2H3. The lowest BCUT2D eigenvalue weighted by Crippen LogP contribution is -2.23. The fourth-order valence-electron chi connectivity index (χ4n) is 3.57. The van der Waals surface area contributed by atoms with Crippen LogP contribution < -0.4 is 9.64 Å². The van der Waals surface area contributed by atoms with E-state index < -0.39 is 0 Å². The molecule has 0 spiro atoms. The predicted molar refractivity (Wildman–Crippen MR) is 125 cm³/mol. The molecule has 0 bridgehead atoms. The van der Waals surface area contributed by atoms with Crippen molar-refractivity contribution in [2.45, 2.75) is 26.9 Å². The third kappa shape index (κ3) is 4.90. The summed E-state index contributed by atoms with van der Waals surface area (Å²) in [5, 5.41) is 0. The van der Waals surface area contributed by atoms with Crippen LogP contribution >= 0.6 is 0 Å². The van der Waals surface area contributed by atoms with E-state index in [0.717, 1.165) is 24.6 Å². The third-order valence-electron chi connectivity index (χ3n) is 5.43. The van der Waals surface area contributed by atoms with Crippen molar-refractivity contribution in [2.75, 3.05) is 4.90 Å². The molecular weight excluding hydrogens is 366 g/mol. The average molecular weight is 394 g/mol. The molecule has 30 heavy (non-hydrogen) atoms. The van der Waals surface area contributed by atoms with Crippen LogP contribution in [0.3, 0.4) is 0 Å². The largest absolute Gasteiger partial charge is 0.457 e. The van der Waals surface area contributed by atoms with Gasteiger partial charge in [-0.05, 0) is 72.5 Å². The zero-order valence-corrected chi connectivity index (χ0v) is 17.6. The number of hydrogen-bond acceptors (Lipinski definition) is 2. The number of ether oxygens (including phenoxy) is 1. The highest BCUT2D eigenvalue weighted by Gasteiger charge is 2.12. The van der Waals surface area contributed by atoms with Crippen LogP contribution in [0.5, 0.6) is 11.5 Å². The number of para-hydroxylation sites is 1. The Bertz CT molecular complexity index is 1040. The fourth-order valence-corrected chi connectivity index (χ4v) is 3.57. The second-order valence-electron chi connectivity index (χ2n) is 7.62. The van der Waals surface area contributed by atoms with E-state index in [2.05, 4.69) is 79.4 Å². The highest BCUT2D eigenvalue weighted by atomic mass is 16.5. The maximum Gasteiger partial charge on any atom is 0.127 e. The topological polar surface area (TPSA) is 12.5 Å². The Labute approximate surface area is 179 Å². The van der Waals surface area contributed by atoms with E-state index in [1.807, 2.05) is 42.5 Å². The van der Waals surface area contributed by atoms with Crippen molar-refractivity contribution < 1.29 is 4.74 Å². The highest BCUT2D eigenvalue weighted by Crippen LogP contribution is 2.27. The molecule has 2 heteroatoms. The molecule has 0 amide bonds. The van der Waals surface area contributed by atoms with Crippen molar-refractivity contribution in [3.8, 4) is 11.5 Å². The van der Waals surface area contributed by atoms with Crippen LogP contribution in [0.15, 0.2) is 103 Å². The van der Waals surface area contributed by atoms with Gasteiger partial charge in [0.25, 0.3) is 0 Å². The number of rotatable bonds is 7. The number of anilines is 1. The molecule has 4 rings (SSSR count). The van der Waals surface area contributed by atoms with Gasteiger partial charge in [0.15, 0.2) is 0 Å². The summed E-state index contributed by atoms with van der Waals surface area (Å²) >= 11 is 0. The van der Waals surface area contributed by atoms with Gasteiger partial charge in [-0.25, -0.2) is 0 Å². The molecule has 4 aromatic rings. The van der Waals surface area contributed by atoms with Gasteiger partial charge in [0.2, 0.25) is 0 Å². The molecule has 0 aliphatic rings. The SMILES string of the molecule is Cc1ccccc1CN(Cc1ccccc1C)c1ccc(Oc2ccccc2)cc1. The van der Waals surface area contributed by atoms with Gasteiger partial charge in [-0.3, -0.25) is 0 Å². The van der Waals surface area contributed by atoms with Gasteiger partial charge < -0.3 is 9.64 Å². The van der Waals surface area contributed by atoms with E-state index in [0.29, 0.717) is 0 Å².